The monoisotopic (exact) mass is 543 g/mol. The fourth-order valence-electron chi connectivity index (χ4n) is 4.42. The summed E-state index contributed by atoms with van der Waals surface area (Å²) in [4.78, 5) is 25.7. The molecule has 2 aromatic rings. The van der Waals surface area contributed by atoms with Gasteiger partial charge in [0.15, 0.2) is 6.10 Å². The van der Waals surface area contributed by atoms with Crippen molar-refractivity contribution in [1.82, 2.24) is 4.90 Å². The third kappa shape index (κ3) is 9.44. The van der Waals surface area contributed by atoms with Crippen molar-refractivity contribution >= 4 is 12.1 Å². The summed E-state index contributed by atoms with van der Waals surface area (Å²) in [6, 6.07) is 15.5. The van der Waals surface area contributed by atoms with Crippen LogP contribution in [0.4, 0.5) is 4.79 Å². The molecule has 0 saturated carbocycles. The Morgan fingerprint density at radius 1 is 1.08 bits per heavy atom. The highest BCUT2D eigenvalue weighted by atomic mass is 16.6. The number of benzene rings is 2. The van der Waals surface area contributed by atoms with E-state index in [1.165, 1.54) is 6.92 Å². The minimum absolute atomic E-state index is 0.0667. The summed E-state index contributed by atoms with van der Waals surface area (Å²) in [5, 5.41) is 9.39. The second kappa shape index (κ2) is 14.2. The first-order chi connectivity index (χ1) is 18.6. The number of likely N-dealkylation sites (tertiary alicyclic amines) is 1. The molecule has 1 fully saturated rings. The zero-order chi connectivity index (χ0) is 28.4. The van der Waals surface area contributed by atoms with Crippen LogP contribution >= 0.6 is 0 Å². The smallest absolute Gasteiger partial charge is 0.410 e. The van der Waals surface area contributed by atoms with Gasteiger partial charge in [-0.15, -0.1) is 0 Å². The van der Waals surface area contributed by atoms with E-state index in [-0.39, 0.29) is 12.5 Å². The lowest BCUT2D eigenvalue weighted by atomic mass is 9.87. The molecule has 1 aliphatic rings. The summed E-state index contributed by atoms with van der Waals surface area (Å²) in [7, 11) is 1.65. The summed E-state index contributed by atoms with van der Waals surface area (Å²) in [6.07, 6.45) is -0.537. The summed E-state index contributed by atoms with van der Waals surface area (Å²) in [6.45, 7) is 9.26. The molecule has 0 radical (unpaired) electrons. The van der Waals surface area contributed by atoms with Crippen molar-refractivity contribution in [1.29, 1.82) is 0 Å². The maximum Gasteiger partial charge on any atom is 0.410 e. The largest absolute Gasteiger partial charge is 0.496 e. The number of hydrogen-bond donors (Lipinski definition) is 1. The molecule has 0 aromatic heterocycles. The Bertz CT molecular complexity index is 1070. The van der Waals surface area contributed by atoms with Crippen molar-refractivity contribution in [2.45, 2.75) is 70.9 Å². The van der Waals surface area contributed by atoms with Crippen molar-refractivity contribution in [3.63, 3.8) is 0 Å². The molecule has 1 N–H and O–H groups in total. The molecule has 39 heavy (non-hydrogen) atoms. The summed E-state index contributed by atoms with van der Waals surface area (Å²) >= 11 is 0. The van der Waals surface area contributed by atoms with Crippen molar-refractivity contribution in [2.75, 3.05) is 33.4 Å². The molecule has 1 amide bonds. The van der Waals surface area contributed by atoms with Gasteiger partial charge in [0, 0.05) is 24.4 Å². The Kier molecular flexibility index (Phi) is 11.0. The average Bonchev–Trinajstić information content (AvgIpc) is 2.90. The number of piperidine rings is 1. The fourth-order valence-corrected chi connectivity index (χ4v) is 4.42. The van der Waals surface area contributed by atoms with E-state index in [0.717, 1.165) is 29.0 Å². The standard InChI is InChI=1S/C30H41NO8/c1-21(28(32)33)38-27-19-31(29(34)39-30(2,3)4)16-15-25(27)22-11-13-24(14-12-22)37-18-8-17-36-20-23-9-6-7-10-26(23)35-5/h6-7,9-14,21,25,27H,8,15-20H2,1-5H3,(H,32,33)/t21-,25?,27?/m0/s1. The van der Waals surface area contributed by atoms with Gasteiger partial charge in [0.2, 0.25) is 0 Å². The Morgan fingerprint density at radius 2 is 1.79 bits per heavy atom. The van der Waals surface area contributed by atoms with Crippen LogP contribution in [-0.4, -0.2) is 73.3 Å². The third-order valence-corrected chi connectivity index (χ3v) is 6.40. The van der Waals surface area contributed by atoms with E-state index < -0.39 is 29.9 Å². The Morgan fingerprint density at radius 3 is 2.46 bits per heavy atom. The first-order valence-corrected chi connectivity index (χ1v) is 13.4. The number of hydrogen-bond acceptors (Lipinski definition) is 7. The van der Waals surface area contributed by atoms with Gasteiger partial charge in [-0.3, -0.25) is 0 Å². The van der Waals surface area contributed by atoms with E-state index >= 15 is 0 Å². The zero-order valence-electron chi connectivity index (χ0n) is 23.6. The van der Waals surface area contributed by atoms with E-state index in [2.05, 4.69) is 0 Å². The lowest BCUT2D eigenvalue weighted by Gasteiger charge is -2.39. The number of carboxylic acid groups (broad SMARTS) is 1. The number of nitrogens with zero attached hydrogens (tertiary/aromatic N) is 1. The highest BCUT2D eigenvalue weighted by molar-refractivity contribution is 5.71. The summed E-state index contributed by atoms with van der Waals surface area (Å²) in [5.41, 5.74) is 1.40. The predicted molar refractivity (Wildman–Crippen MR) is 146 cm³/mol. The van der Waals surface area contributed by atoms with Gasteiger partial charge in [0.1, 0.15) is 17.1 Å². The van der Waals surface area contributed by atoms with Gasteiger partial charge in [0.25, 0.3) is 0 Å². The second-order valence-corrected chi connectivity index (χ2v) is 10.6. The molecule has 1 saturated heterocycles. The van der Waals surface area contributed by atoms with Gasteiger partial charge in [0.05, 0.1) is 39.6 Å². The van der Waals surface area contributed by atoms with Gasteiger partial charge in [-0.1, -0.05) is 30.3 Å². The third-order valence-electron chi connectivity index (χ3n) is 6.40. The van der Waals surface area contributed by atoms with Crippen LogP contribution < -0.4 is 9.47 Å². The van der Waals surface area contributed by atoms with Crippen LogP contribution in [0.15, 0.2) is 48.5 Å². The fraction of sp³-hybridized carbons (Fsp3) is 0.533. The number of para-hydroxylation sites is 1. The molecule has 9 heteroatoms. The van der Waals surface area contributed by atoms with Gasteiger partial charge >= 0.3 is 12.1 Å². The van der Waals surface area contributed by atoms with Crippen LogP contribution in [0.3, 0.4) is 0 Å². The number of carbonyl (C=O) groups excluding carboxylic acids is 1. The van der Waals surface area contributed by atoms with E-state index in [1.54, 1.807) is 12.0 Å². The van der Waals surface area contributed by atoms with Crippen LogP contribution in [0.25, 0.3) is 0 Å². The molecule has 1 aliphatic heterocycles. The van der Waals surface area contributed by atoms with Crippen molar-refractivity contribution in [3.8, 4) is 11.5 Å². The molecule has 3 atom stereocenters. The molecule has 3 rings (SSSR count). The predicted octanol–water partition coefficient (Wildman–Crippen LogP) is 5.26. The van der Waals surface area contributed by atoms with Gasteiger partial charge in [-0.2, -0.15) is 0 Å². The highest BCUT2D eigenvalue weighted by Gasteiger charge is 2.36. The molecule has 2 aromatic carbocycles. The maximum absolute atomic E-state index is 12.6. The van der Waals surface area contributed by atoms with Crippen molar-refractivity contribution < 1.29 is 38.4 Å². The first kappa shape index (κ1) is 30.2. The number of methoxy groups -OCH3 is 1. The Hall–Kier alpha value is -3.30. The van der Waals surface area contributed by atoms with Crippen LogP contribution in [0.1, 0.15) is 57.6 Å². The van der Waals surface area contributed by atoms with Crippen molar-refractivity contribution in [3.05, 3.63) is 59.7 Å². The van der Waals surface area contributed by atoms with Gasteiger partial charge < -0.3 is 33.7 Å². The van der Waals surface area contributed by atoms with Crippen LogP contribution in [0, 0.1) is 0 Å². The quantitative estimate of drug-likeness (QED) is 0.362. The topological polar surface area (TPSA) is 104 Å². The number of amides is 1. The van der Waals surface area contributed by atoms with E-state index in [4.69, 9.17) is 23.7 Å². The molecule has 0 aliphatic carbocycles. The number of rotatable bonds is 12. The van der Waals surface area contributed by atoms with Gasteiger partial charge in [-0.05, 0) is 57.9 Å². The van der Waals surface area contributed by atoms with Crippen molar-refractivity contribution in [2.24, 2.45) is 0 Å². The summed E-state index contributed by atoms with van der Waals surface area (Å²) < 4.78 is 28.4. The summed E-state index contributed by atoms with van der Waals surface area (Å²) in [5.74, 6) is 0.446. The normalized spacial score (nSPS) is 18.3. The van der Waals surface area contributed by atoms with Crippen LogP contribution in [0.5, 0.6) is 11.5 Å². The Balaban J connectivity index is 1.52. The second-order valence-electron chi connectivity index (χ2n) is 10.6. The van der Waals surface area contributed by atoms with Crippen LogP contribution in [0.2, 0.25) is 0 Å². The average molecular weight is 544 g/mol. The maximum atomic E-state index is 12.6. The number of carboxylic acids is 1. The zero-order valence-corrected chi connectivity index (χ0v) is 23.6. The van der Waals surface area contributed by atoms with E-state index in [0.29, 0.717) is 32.8 Å². The SMILES string of the molecule is COc1ccccc1COCCCOc1ccc(C2CCN(C(=O)OC(C)(C)C)CC2O[C@@H](C)C(=O)O)cc1. The molecule has 9 nitrogen and oxygen atoms in total. The molecular formula is C30H41NO8. The number of aliphatic carboxylic acids is 1. The minimum atomic E-state index is -1.04. The molecule has 214 valence electrons. The molecule has 0 bridgehead atoms. The molecular weight excluding hydrogens is 502 g/mol. The van der Waals surface area contributed by atoms with Gasteiger partial charge in [-0.25, -0.2) is 9.59 Å². The first-order valence-electron chi connectivity index (χ1n) is 13.4. The lowest BCUT2D eigenvalue weighted by molar-refractivity contribution is -0.155. The van der Waals surface area contributed by atoms with E-state index in [1.807, 2.05) is 69.3 Å². The van der Waals surface area contributed by atoms with E-state index in [9.17, 15) is 14.7 Å². The van der Waals surface area contributed by atoms with Crippen LogP contribution in [-0.2, 0) is 25.6 Å². The molecule has 1 heterocycles. The molecule has 0 spiro atoms. The molecule has 2 unspecified atom stereocenters. The Labute approximate surface area is 230 Å². The number of ether oxygens (including phenoxy) is 5. The highest BCUT2D eigenvalue weighted by Crippen LogP contribution is 2.33. The number of carbonyl (C=O) groups is 2. The lowest BCUT2D eigenvalue weighted by Crippen LogP contribution is -2.49. The minimum Gasteiger partial charge on any atom is -0.496 e.